The van der Waals surface area contributed by atoms with Crippen LogP contribution in [-0.2, 0) is 16.0 Å². The van der Waals surface area contributed by atoms with Crippen LogP contribution in [0.4, 0.5) is 5.69 Å². The van der Waals surface area contributed by atoms with E-state index < -0.39 is 5.91 Å². The molecule has 1 aliphatic carbocycles. The average Bonchev–Trinajstić information content (AvgIpc) is 2.92. The van der Waals surface area contributed by atoms with Crippen LogP contribution in [0.25, 0.3) is 0 Å². The molecule has 0 radical (unpaired) electrons. The number of nitrogens with two attached hydrogens (primary N) is 2. The molecule has 0 bridgehead atoms. The van der Waals surface area contributed by atoms with Gasteiger partial charge in [-0.3, -0.25) is 9.59 Å². The molecular weight excluding hydrogens is 254 g/mol. The highest BCUT2D eigenvalue weighted by atomic mass is 16.2. The smallest absolute Gasteiger partial charge is 0.237 e. The monoisotopic (exact) mass is 275 g/mol. The van der Waals surface area contributed by atoms with Gasteiger partial charge in [0, 0.05) is 11.7 Å². The van der Waals surface area contributed by atoms with Crippen LogP contribution in [0.3, 0.4) is 0 Å². The summed E-state index contributed by atoms with van der Waals surface area (Å²) in [5.41, 5.74) is 12.5. The van der Waals surface area contributed by atoms with E-state index in [1.165, 1.54) is 0 Å². The topological polar surface area (TPSA) is 89.4 Å². The molecule has 1 aromatic carbocycles. The van der Waals surface area contributed by atoms with Crippen molar-refractivity contribution in [2.75, 3.05) is 12.3 Å². The summed E-state index contributed by atoms with van der Waals surface area (Å²) in [6.45, 7) is -0.00373. The normalized spacial score (nSPS) is 15.2. The zero-order valence-corrected chi connectivity index (χ0v) is 11.5. The first-order valence-electron chi connectivity index (χ1n) is 6.99. The second-order valence-electron chi connectivity index (χ2n) is 5.30. The molecule has 0 spiro atoms. The quantitative estimate of drug-likeness (QED) is 0.788. The lowest BCUT2D eigenvalue weighted by Crippen LogP contribution is -2.44. The van der Waals surface area contributed by atoms with Gasteiger partial charge in [0.25, 0.3) is 0 Å². The molecule has 2 rings (SSSR count). The predicted octanol–water partition coefficient (Wildman–Crippen LogP) is 1.07. The lowest BCUT2D eigenvalue weighted by atomic mass is 10.1. The Kier molecular flexibility index (Phi) is 4.61. The maximum absolute atomic E-state index is 12.4. The largest absolute Gasteiger partial charge is 0.398 e. The summed E-state index contributed by atoms with van der Waals surface area (Å²) < 4.78 is 0. The van der Waals surface area contributed by atoms with Crippen LogP contribution in [-0.4, -0.2) is 29.3 Å². The summed E-state index contributed by atoms with van der Waals surface area (Å²) >= 11 is 0. The lowest BCUT2D eigenvalue weighted by molar-refractivity contribution is -0.136. The third-order valence-electron chi connectivity index (χ3n) is 3.81. The summed E-state index contributed by atoms with van der Waals surface area (Å²) in [5, 5.41) is 0. The van der Waals surface area contributed by atoms with Gasteiger partial charge < -0.3 is 16.4 Å². The lowest BCUT2D eigenvalue weighted by Gasteiger charge is -2.28. The van der Waals surface area contributed by atoms with Crippen molar-refractivity contribution in [1.82, 2.24) is 4.90 Å². The summed E-state index contributed by atoms with van der Waals surface area (Å²) in [7, 11) is 0. The highest BCUT2D eigenvalue weighted by Gasteiger charge is 2.27. The molecule has 0 unspecified atom stereocenters. The number of nitrogen functional groups attached to an aromatic ring is 1. The van der Waals surface area contributed by atoms with Gasteiger partial charge in [-0.05, 0) is 24.5 Å². The second kappa shape index (κ2) is 6.41. The Morgan fingerprint density at radius 1 is 1.20 bits per heavy atom. The molecule has 1 fully saturated rings. The van der Waals surface area contributed by atoms with Crippen LogP contribution in [0.1, 0.15) is 31.2 Å². The van der Waals surface area contributed by atoms with Gasteiger partial charge in [0.05, 0.1) is 13.0 Å². The van der Waals surface area contributed by atoms with Crippen LogP contribution in [0.15, 0.2) is 24.3 Å². The van der Waals surface area contributed by atoms with Crippen molar-refractivity contribution in [2.45, 2.75) is 38.1 Å². The number of nitrogens with zero attached hydrogens (tertiary/aromatic N) is 1. The summed E-state index contributed by atoms with van der Waals surface area (Å²) in [6, 6.07) is 7.44. The van der Waals surface area contributed by atoms with Gasteiger partial charge in [-0.2, -0.15) is 0 Å². The van der Waals surface area contributed by atoms with Crippen LogP contribution in [0, 0.1) is 0 Å². The van der Waals surface area contributed by atoms with E-state index in [0.29, 0.717) is 5.69 Å². The Morgan fingerprint density at radius 2 is 1.85 bits per heavy atom. The number of hydrogen-bond acceptors (Lipinski definition) is 3. The fourth-order valence-electron chi connectivity index (χ4n) is 2.76. The molecule has 0 aliphatic heterocycles. The summed E-state index contributed by atoms with van der Waals surface area (Å²) in [6.07, 6.45) is 4.31. The Morgan fingerprint density at radius 3 is 2.45 bits per heavy atom. The summed E-state index contributed by atoms with van der Waals surface area (Å²) in [4.78, 5) is 25.3. The standard InChI is InChI=1S/C15H21N3O2/c16-13-8-4-1-5-11(13)9-15(20)18(10-14(17)19)12-6-2-3-7-12/h1,4-5,8,12H,2-3,6-7,9-10,16H2,(H2,17,19). The SMILES string of the molecule is NC(=O)CN(C(=O)Cc1ccccc1N)C1CCCC1. The molecule has 1 aliphatic rings. The van der Waals surface area contributed by atoms with Crippen molar-refractivity contribution < 1.29 is 9.59 Å². The number of benzene rings is 1. The van der Waals surface area contributed by atoms with E-state index in [4.69, 9.17) is 11.5 Å². The van der Waals surface area contributed by atoms with Gasteiger partial charge in [0.1, 0.15) is 0 Å². The minimum Gasteiger partial charge on any atom is -0.398 e. The first-order chi connectivity index (χ1) is 9.58. The third kappa shape index (κ3) is 3.50. The maximum Gasteiger partial charge on any atom is 0.237 e. The van der Waals surface area contributed by atoms with Crippen molar-refractivity contribution in [3.05, 3.63) is 29.8 Å². The van der Waals surface area contributed by atoms with E-state index in [0.717, 1.165) is 31.2 Å². The van der Waals surface area contributed by atoms with E-state index in [9.17, 15) is 9.59 Å². The minimum atomic E-state index is -0.466. The number of amides is 2. The highest BCUT2D eigenvalue weighted by molar-refractivity contribution is 5.86. The van der Waals surface area contributed by atoms with Gasteiger partial charge >= 0.3 is 0 Å². The van der Waals surface area contributed by atoms with Gasteiger partial charge in [0.2, 0.25) is 11.8 Å². The third-order valence-corrected chi connectivity index (χ3v) is 3.81. The van der Waals surface area contributed by atoms with Crippen molar-refractivity contribution >= 4 is 17.5 Å². The van der Waals surface area contributed by atoms with Gasteiger partial charge in [-0.1, -0.05) is 31.0 Å². The van der Waals surface area contributed by atoms with E-state index in [1.807, 2.05) is 18.2 Å². The second-order valence-corrected chi connectivity index (χ2v) is 5.30. The Bertz CT molecular complexity index is 496. The number of rotatable bonds is 5. The zero-order chi connectivity index (χ0) is 14.5. The molecule has 108 valence electrons. The Balaban J connectivity index is 2.09. The summed E-state index contributed by atoms with van der Waals surface area (Å²) in [5.74, 6) is -0.542. The van der Waals surface area contributed by atoms with Crippen molar-refractivity contribution in [3.8, 4) is 0 Å². The highest BCUT2D eigenvalue weighted by Crippen LogP contribution is 2.24. The number of para-hydroxylation sites is 1. The van der Waals surface area contributed by atoms with E-state index in [1.54, 1.807) is 11.0 Å². The minimum absolute atomic E-state index is 0.00373. The van der Waals surface area contributed by atoms with Crippen LogP contribution in [0.2, 0.25) is 0 Å². The van der Waals surface area contributed by atoms with Crippen LogP contribution < -0.4 is 11.5 Å². The van der Waals surface area contributed by atoms with Gasteiger partial charge in [-0.25, -0.2) is 0 Å². The molecule has 1 aromatic rings. The number of carbonyl (C=O) groups excluding carboxylic acids is 2. The molecule has 0 aromatic heterocycles. The van der Waals surface area contributed by atoms with E-state index in [-0.39, 0.29) is 24.9 Å². The molecular formula is C15H21N3O2. The Hall–Kier alpha value is -2.04. The van der Waals surface area contributed by atoms with Crippen molar-refractivity contribution in [1.29, 1.82) is 0 Å². The first kappa shape index (κ1) is 14.4. The Labute approximate surface area is 118 Å². The molecule has 2 amide bonds. The van der Waals surface area contributed by atoms with Gasteiger partial charge in [-0.15, -0.1) is 0 Å². The number of carbonyl (C=O) groups is 2. The zero-order valence-electron chi connectivity index (χ0n) is 11.5. The van der Waals surface area contributed by atoms with Crippen LogP contribution in [0.5, 0.6) is 0 Å². The average molecular weight is 275 g/mol. The van der Waals surface area contributed by atoms with Crippen LogP contribution >= 0.6 is 0 Å². The molecule has 5 heteroatoms. The van der Waals surface area contributed by atoms with Crippen molar-refractivity contribution in [2.24, 2.45) is 5.73 Å². The number of hydrogen-bond donors (Lipinski definition) is 2. The van der Waals surface area contributed by atoms with E-state index >= 15 is 0 Å². The van der Waals surface area contributed by atoms with Crippen molar-refractivity contribution in [3.63, 3.8) is 0 Å². The first-order valence-corrected chi connectivity index (χ1v) is 6.99. The van der Waals surface area contributed by atoms with Gasteiger partial charge in [0.15, 0.2) is 0 Å². The molecule has 0 heterocycles. The molecule has 0 saturated heterocycles. The molecule has 4 N–H and O–H groups in total. The number of primary amides is 1. The molecule has 5 nitrogen and oxygen atoms in total. The predicted molar refractivity (Wildman–Crippen MR) is 77.7 cm³/mol. The fourth-order valence-corrected chi connectivity index (χ4v) is 2.76. The molecule has 1 saturated carbocycles. The fraction of sp³-hybridized carbons (Fsp3) is 0.467. The number of anilines is 1. The van der Waals surface area contributed by atoms with E-state index in [2.05, 4.69) is 0 Å². The maximum atomic E-state index is 12.4. The molecule has 20 heavy (non-hydrogen) atoms. The molecule has 0 atom stereocenters.